The van der Waals surface area contributed by atoms with Gasteiger partial charge in [-0.05, 0) is 28.4 Å². The Bertz CT molecular complexity index is 396. The molecule has 0 amide bonds. The molecule has 0 radical (unpaired) electrons. The first-order valence-electron chi connectivity index (χ1n) is 3.92. The maximum atomic E-state index is 11.6. The van der Waals surface area contributed by atoms with Crippen LogP contribution < -0.4 is 4.72 Å². The summed E-state index contributed by atoms with van der Waals surface area (Å²) in [4.78, 5) is 0. The summed E-state index contributed by atoms with van der Waals surface area (Å²) in [6, 6.07) is 1.44. The van der Waals surface area contributed by atoms with Crippen LogP contribution >= 0.6 is 38.9 Å². The maximum absolute atomic E-state index is 11.6. The van der Waals surface area contributed by atoms with Crippen LogP contribution in [0.1, 0.15) is 13.3 Å². The molecule has 1 heterocycles. The van der Waals surface area contributed by atoms with Gasteiger partial charge in [-0.15, -0.1) is 11.3 Å². The molecule has 0 aliphatic carbocycles. The van der Waals surface area contributed by atoms with Gasteiger partial charge in [0.25, 0.3) is 0 Å². The summed E-state index contributed by atoms with van der Waals surface area (Å²) in [5.74, 6) is 0. The Labute approximate surface area is 101 Å². The lowest BCUT2D eigenvalue weighted by Crippen LogP contribution is -2.23. The first-order valence-corrected chi connectivity index (χ1v) is 7.39. The smallest absolute Gasteiger partial charge is 0.210 e. The molecular weight excluding hydrogens is 310 g/mol. The Morgan fingerprint density at radius 3 is 2.71 bits per heavy atom. The van der Waals surface area contributed by atoms with Gasteiger partial charge in [-0.3, -0.25) is 0 Å². The van der Waals surface area contributed by atoms with Gasteiger partial charge in [-0.1, -0.05) is 18.5 Å². The van der Waals surface area contributed by atoms with Crippen molar-refractivity contribution in [2.24, 2.45) is 0 Å². The van der Waals surface area contributed by atoms with Crippen LogP contribution in [-0.4, -0.2) is 15.0 Å². The van der Waals surface area contributed by atoms with Gasteiger partial charge in [0, 0.05) is 6.54 Å². The van der Waals surface area contributed by atoms with Gasteiger partial charge in [0.1, 0.15) is 4.21 Å². The standard InChI is InChI=1S/C7H9BrClNO2S2/c1-2-3-10-14(11,12)6-4-5(9)7(8)13-6/h4,10H,2-3H2,1H3. The number of halogens is 2. The highest BCUT2D eigenvalue weighted by molar-refractivity contribution is 9.11. The lowest BCUT2D eigenvalue weighted by molar-refractivity contribution is 0.583. The van der Waals surface area contributed by atoms with Gasteiger partial charge in [-0.2, -0.15) is 0 Å². The Kier molecular flexibility index (Phi) is 4.39. The molecule has 0 atom stereocenters. The first kappa shape index (κ1) is 12.4. The molecule has 80 valence electrons. The number of rotatable bonds is 4. The lowest BCUT2D eigenvalue weighted by atomic mass is 10.5. The van der Waals surface area contributed by atoms with E-state index in [1.165, 1.54) is 6.07 Å². The van der Waals surface area contributed by atoms with Crippen LogP contribution in [0.15, 0.2) is 14.1 Å². The molecule has 1 N–H and O–H groups in total. The van der Waals surface area contributed by atoms with Crippen molar-refractivity contribution in [1.82, 2.24) is 4.72 Å². The highest BCUT2D eigenvalue weighted by atomic mass is 79.9. The molecule has 0 aromatic carbocycles. The van der Waals surface area contributed by atoms with E-state index in [4.69, 9.17) is 11.6 Å². The molecule has 3 nitrogen and oxygen atoms in total. The average molecular weight is 319 g/mol. The van der Waals surface area contributed by atoms with Crippen LogP contribution in [-0.2, 0) is 10.0 Å². The molecule has 0 bridgehead atoms. The minimum absolute atomic E-state index is 0.239. The third-order valence-electron chi connectivity index (χ3n) is 1.43. The summed E-state index contributed by atoms with van der Waals surface area (Å²) in [6.07, 6.45) is 0.763. The molecule has 1 aromatic rings. The zero-order valence-electron chi connectivity index (χ0n) is 7.38. The zero-order valence-corrected chi connectivity index (χ0v) is 11.4. The molecule has 0 spiro atoms. The van der Waals surface area contributed by atoms with E-state index in [0.29, 0.717) is 15.4 Å². The third-order valence-corrected chi connectivity index (χ3v) is 5.84. The van der Waals surface area contributed by atoms with E-state index in [-0.39, 0.29) is 4.21 Å². The van der Waals surface area contributed by atoms with Crippen molar-refractivity contribution < 1.29 is 8.42 Å². The summed E-state index contributed by atoms with van der Waals surface area (Å²) in [5, 5.41) is 0.423. The van der Waals surface area contributed by atoms with E-state index in [9.17, 15) is 8.42 Å². The van der Waals surface area contributed by atoms with Crippen LogP contribution in [0.4, 0.5) is 0 Å². The molecule has 1 rings (SSSR count). The fourth-order valence-corrected chi connectivity index (χ4v) is 4.34. The molecule has 7 heteroatoms. The topological polar surface area (TPSA) is 46.2 Å². The van der Waals surface area contributed by atoms with Crippen molar-refractivity contribution in [2.45, 2.75) is 17.6 Å². The third kappa shape index (κ3) is 2.93. The lowest BCUT2D eigenvalue weighted by Gasteiger charge is -2.01. The molecular formula is C7H9BrClNO2S2. The van der Waals surface area contributed by atoms with Crippen molar-refractivity contribution in [3.63, 3.8) is 0 Å². The Hall–Kier alpha value is 0.380. The fourth-order valence-electron chi connectivity index (χ4n) is 0.767. The van der Waals surface area contributed by atoms with Gasteiger partial charge in [0.05, 0.1) is 8.81 Å². The molecule has 14 heavy (non-hydrogen) atoms. The predicted octanol–water partition coefficient (Wildman–Crippen LogP) is 2.85. The van der Waals surface area contributed by atoms with Crippen LogP contribution in [0.3, 0.4) is 0 Å². The molecule has 1 aromatic heterocycles. The van der Waals surface area contributed by atoms with Crippen molar-refractivity contribution in [3.8, 4) is 0 Å². The number of sulfonamides is 1. The Balaban J connectivity index is 2.93. The number of thiophene rings is 1. The van der Waals surface area contributed by atoms with Gasteiger partial charge >= 0.3 is 0 Å². The Morgan fingerprint density at radius 1 is 1.64 bits per heavy atom. The van der Waals surface area contributed by atoms with E-state index >= 15 is 0 Å². The monoisotopic (exact) mass is 317 g/mol. The highest BCUT2D eigenvalue weighted by Gasteiger charge is 2.17. The minimum atomic E-state index is -3.37. The molecule has 0 aliphatic heterocycles. The second-order valence-corrected chi connectivity index (χ2v) is 7.36. The molecule has 0 saturated heterocycles. The molecule has 0 unspecified atom stereocenters. The highest BCUT2D eigenvalue weighted by Crippen LogP contribution is 2.34. The Morgan fingerprint density at radius 2 is 2.29 bits per heavy atom. The number of nitrogens with one attached hydrogen (secondary N) is 1. The molecule has 0 aliphatic rings. The van der Waals surface area contributed by atoms with Crippen LogP contribution in [0.5, 0.6) is 0 Å². The van der Waals surface area contributed by atoms with Crippen LogP contribution in [0, 0.1) is 0 Å². The summed E-state index contributed by atoms with van der Waals surface area (Å²) in [7, 11) is -3.37. The SMILES string of the molecule is CCCNS(=O)(=O)c1cc(Cl)c(Br)s1. The van der Waals surface area contributed by atoms with E-state index in [0.717, 1.165) is 17.8 Å². The van der Waals surface area contributed by atoms with Crippen LogP contribution in [0.25, 0.3) is 0 Å². The van der Waals surface area contributed by atoms with Crippen molar-refractivity contribution in [1.29, 1.82) is 0 Å². The van der Waals surface area contributed by atoms with Gasteiger partial charge in [-0.25, -0.2) is 13.1 Å². The number of hydrogen-bond acceptors (Lipinski definition) is 3. The quantitative estimate of drug-likeness (QED) is 0.928. The van der Waals surface area contributed by atoms with E-state index < -0.39 is 10.0 Å². The molecule has 0 fully saturated rings. The first-order chi connectivity index (χ1) is 6.47. The average Bonchev–Trinajstić information content (AvgIpc) is 2.45. The fraction of sp³-hybridized carbons (Fsp3) is 0.429. The van der Waals surface area contributed by atoms with E-state index in [1.807, 2.05) is 6.92 Å². The summed E-state index contributed by atoms with van der Waals surface area (Å²) in [5.41, 5.74) is 0. The van der Waals surface area contributed by atoms with Crippen molar-refractivity contribution >= 4 is 48.9 Å². The summed E-state index contributed by atoms with van der Waals surface area (Å²) in [6.45, 7) is 2.34. The summed E-state index contributed by atoms with van der Waals surface area (Å²) >= 11 is 10.0. The zero-order chi connectivity index (χ0) is 10.8. The van der Waals surface area contributed by atoms with E-state index in [2.05, 4.69) is 20.7 Å². The van der Waals surface area contributed by atoms with Crippen LogP contribution in [0.2, 0.25) is 5.02 Å². The minimum Gasteiger partial charge on any atom is -0.210 e. The van der Waals surface area contributed by atoms with Gasteiger partial charge < -0.3 is 0 Å². The second kappa shape index (κ2) is 4.94. The van der Waals surface area contributed by atoms with Gasteiger partial charge in [0.15, 0.2) is 0 Å². The number of hydrogen-bond donors (Lipinski definition) is 1. The van der Waals surface area contributed by atoms with Crippen molar-refractivity contribution in [2.75, 3.05) is 6.54 Å². The second-order valence-electron chi connectivity index (χ2n) is 2.58. The van der Waals surface area contributed by atoms with Crippen molar-refractivity contribution in [3.05, 3.63) is 14.9 Å². The normalized spacial score (nSPS) is 11.9. The van der Waals surface area contributed by atoms with Gasteiger partial charge in [0.2, 0.25) is 10.0 Å². The van der Waals surface area contributed by atoms with E-state index in [1.54, 1.807) is 0 Å². The predicted molar refractivity (Wildman–Crippen MR) is 62.5 cm³/mol. The molecule has 0 saturated carbocycles. The summed E-state index contributed by atoms with van der Waals surface area (Å²) < 4.78 is 26.5. The largest absolute Gasteiger partial charge is 0.250 e. The maximum Gasteiger partial charge on any atom is 0.250 e.